The Morgan fingerprint density at radius 3 is 2.07 bits per heavy atom. The molecule has 0 unspecified atom stereocenters. The second-order valence-electron chi connectivity index (χ2n) is 6.91. The summed E-state index contributed by atoms with van der Waals surface area (Å²) in [6, 6.07) is 27.5. The van der Waals surface area contributed by atoms with Crippen molar-refractivity contribution in [3.63, 3.8) is 0 Å². The molecule has 0 bridgehead atoms. The Bertz CT molecular complexity index is 1130. The van der Waals surface area contributed by atoms with Crippen molar-refractivity contribution in [3.05, 3.63) is 84.4 Å². The molecule has 146 valence electrons. The van der Waals surface area contributed by atoms with Crippen molar-refractivity contribution in [2.24, 2.45) is 4.99 Å². The topological polar surface area (TPSA) is 15.6 Å². The van der Waals surface area contributed by atoms with Crippen LogP contribution in [0, 0.1) is 0 Å². The zero-order chi connectivity index (χ0) is 20.1. The highest BCUT2D eigenvalue weighted by Crippen LogP contribution is 2.30. The van der Waals surface area contributed by atoms with E-state index in [0.29, 0.717) is 11.8 Å². The third-order valence-corrected chi connectivity index (χ3v) is 5.38. The van der Waals surface area contributed by atoms with Gasteiger partial charge in [-0.05, 0) is 52.1 Å². The SMILES string of the molecule is ClCCN(CCCl)c1ccc(C=Nc2cccc3cc4ccccc4cc23)cc1. The molecule has 4 heteroatoms. The number of alkyl halides is 2. The van der Waals surface area contributed by atoms with Crippen LogP contribution in [0.3, 0.4) is 0 Å². The van der Waals surface area contributed by atoms with Crippen LogP contribution < -0.4 is 4.90 Å². The van der Waals surface area contributed by atoms with Gasteiger partial charge in [-0.3, -0.25) is 4.99 Å². The molecular formula is C25H22Cl2N2. The van der Waals surface area contributed by atoms with Crippen LogP contribution in [0.1, 0.15) is 5.56 Å². The largest absolute Gasteiger partial charge is 0.369 e. The van der Waals surface area contributed by atoms with Crippen molar-refractivity contribution >= 4 is 62.3 Å². The van der Waals surface area contributed by atoms with E-state index in [4.69, 9.17) is 28.2 Å². The van der Waals surface area contributed by atoms with Crippen molar-refractivity contribution in [2.75, 3.05) is 29.7 Å². The van der Waals surface area contributed by atoms with Crippen LogP contribution >= 0.6 is 23.2 Å². The van der Waals surface area contributed by atoms with Crippen LogP contribution in [0.15, 0.2) is 83.9 Å². The minimum absolute atomic E-state index is 0.579. The number of fused-ring (bicyclic) bond motifs is 2. The summed E-state index contributed by atoms with van der Waals surface area (Å²) < 4.78 is 0. The maximum absolute atomic E-state index is 5.91. The summed E-state index contributed by atoms with van der Waals surface area (Å²) in [5.41, 5.74) is 3.16. The summed E-state index contributed by atoms with van der Waals surface area (Å²) in [6.07, 6.45) is 1.92. The van der Waals surface area contributed by atoms with Gasteiger partial charge in [0.2, 0.25) is 0 Å². The number of nitrogens with zero attached hydrogens (tertiary/aromatic N) is 2. The van der Waals surface area contributed by atoms with E-state index in [1.54, 1.807) is 0 Å². The summed E-state index contributed by atoms with van der Waals surface area (Å²) in [5, 5.41) is 4.84. The number of hydrogen-bond acceptors (Lipinski definition) is 2. The molecule has 4 aromatic rings. The second kappa shape index (κ2) is 9.30. The Balaban J connectivity index is 1.62. The van der Waals surface area contributed by atoms with Crippen LogP contribution in [0.5, 0.6) is 0 Å². The predicted octanol–water partition coefficient (Wildman–Crippen LogP) is 7.03. The van der Waals surface area contributed by atoms with E-state index in [-0.39, 0.29) is 0 Å². The number of rotatable bonds is 7. The van der Waals surface area contributed by atoms with Gasteiger partial charge in [-0.15, -0.1) is 23.2 Å². The highest BCUT2D eigenvalue weighted by Gasteiger charge is 2.05. The van der Waals surface area contributed by atoms with Gasteiger partial charge in [0.05, 0.1) is 5.69 Å². The Morgan fingerprint density at radius 1 is 0.724 bits per heavy atom. The molecule has 0 radical (unpaired) electrons. The third-order valence-electron chi connectivity index (χ3n) is 5.04. The average Bonchev–Trinajstić information content (AvgIpc) is 2.76. The molecule has 4 rings (SSSR count). The number of benzene rings is 4. The van der Waals surface area contributed by atoms with Crippen LogP contribution in [-0.2, 0) is 0 Å². The van der Waals surface area contributed by atoms with E-state index in [2.05, 4.69) is 83.8 Å². The molecule has 4 aromatic carbocycles. The summed E-state index contributed by atoms with van der Waals surface area (Å²) in [6.45, 7) is 1.57. The zero-order valence-corrected chi connectivity index (χ0v) is 17.6. The molecule has 0 fully saturated rings. The maximum atomic E-state index is 5.91. The van der Waals surface area contributed by atoms with E-state index in [9.17, 15) is 0 Å². The Morgan fingerprint density at radius 2 is 1.38 bits per heavy atom. The molecule has 0 N–H and O–H groups in total. The Hall–Kier alpha value is -2.55. The number of anilines is 1. The summed E-state index contributed by atoms with van der Waals surface area (Å²) >= 11 is 11.8. The first-order valence-corrected chi connectivity index (χ1v) is 10.8. The maximum Gasteiger partial charge on any atom is 0.0708 e. The number of aliphatic imine (C=N–C) groups is 1. The first-order valence-electron chi connectivity index (χ1n) is 9.71. The van der Waals surface area contributed by atoms with E-state index in [0.717, 1.165) is 35.4 Å². The third kappa shape index (κ3) is 4.55. The van der Waals surface area contributed by atoms with Crippen LogP contribution in [0.2, 0.25) is 0 Å². The normalized spacial score (nSPS) is 11.5. The highest BCUT2D eigenvalue weighted by atomic mass is 35.5. The van der Waals surface area contributed by atoms with Crippen LogP contribution in [0.25, 0.3) is 21.5 Å². The van der Waals surface area contributed by atoms with Crippen molar-refractivity contribution in [1.82, 2.24) is 0 Å². The van der Waals surface area contributed by atoms with Gasteiger partial charge in [0.1, 0.15) is 0 Å². The second-order valence-corrected chi connectivity index (χ2v) is 7.67. The van der Waals surface area contributed by atoms with Crippen LogP contribution in [-0.4, -0.2) is 31.1 Å². The van der Waals surface area contributed by atoms with Gasteiger partial charge in [0, 0.05) is 42.1 Å². The molecule has 29 heavy (non-hydrogen) atoms. The fourth-order valence-corrected chi connectivity index (χ4v) is 3.96. The molecule has 0 aliphatic heterocycles. The molecule has 0 saturated carbocycles. The molecule has 2 nitrogen and oxygen atoms in total. The van der Waals surface area contributed by atoms with Crippen LogP contribution in [0.4, 0.5) is 11.4 Å². The summed E-state index contributed by atoms with van der Waals surface area (Å²) in [7, 11) is 0. The monoisotopic (exact) mass is 420 g/mol. The van der Waals surface area contributed by atoms with Crippen molar-refractivity contribution < 1.29 is 0 Å². The smallest absolute Gasteiger partial charge is 0.0708 e. The standard InChI is InChI=1S/C25H22Cl2N2/c26-12-14-29(15-13-27)23-10-8-19(9-11-23)18-28-25-7-3-6-22-16-20-4-1-2-5-21(20)17-24(22)25/h1-11,16-18H,12-15H2. The van der Waals surface area contributed by atoms with Crippen molar-refractivity contribution in [2.45, 2.75) is 0 Å². The molecular weight excluding hydrogens is 399 g/mol. The van der Waals surface area contributed by atoms with Crippen molar-refractivity contribution in [1.29, 1.82) is 0 Å². The van der Waals surface area contributed by atoms with E-state index in [1.807, 2.05) is 6.21 Å². The first kappa shape index (κ1) is 19.8. The van der Waals surface area contributed by atoms with Gasteiger partial charge in [0.15, 0.2) is 0 Å². The lowest BCUT2D eigenvalue weighted by Gasteiger charge is -2.22. The highest BCUT2D eigenvalue weighted by molar-refractivity contribution is 6.18. The molecule has 0 spiro atoms. The number of hydrogen-bond donors (Lipinski definition) is 0. The fraction of sp³-hybridized carbons (Fsp3) is 0.160. The lowest BCUT2D eigenvalue weighted by Crippen LogP contribution is -2.27. The van der Waals surface area contributed by atoms with Gasteiger partial charge in [-0.1, -0.05) is 48.5 Å². The molecule has 0 heterocycles. The van der Waals surface area contributed by atoms with Gasteiger partial charge in [-0.2, -0.15) is 0 Å². The molecule has 0 atom stereocenters. The fourth-order valence-electron chi connectivity index (χ4n) is 3.55. The molecule has 0 aliphatic carbocycles. The lowest BCUT2D eigenvalue weighted by molar-refractivity contribution is 0.874. The molecule has 0 aliphatic rings. The molecule has 0 amide bonds. The van der Waals surface area contributed by atoms with Gasteiger partial charge in [0.25, 0.3) is 0 Å². The molecule has 0 aromatic heterocycles. The van der Waals surface area contributed by atoms with Gasteiger partial charge >= 0.3 is 0 Å². The Labute approximate surface area is 181 Å². The quantitative estimate of drug-likeness (QED) is 0.178. The lowest BCUT2D eigenvalue weighted by atomic mass is 10.0. The van der Waals surface area contributed by atoms with E-state index >= 15 is 0 Å². The van der Waals surface area contributed by atoms with Crippen molar-refractivity contribution in [3.8, 4) is 0 Å². The predicted molar refractivity (Wildman–Crippen MR) is 129 cm³/mol. The minimum atomic E-state index is 0.579. The van der Waals surface area contributed by atoms with E-state index < -0.39 is 0 Å². The van der Waals surface area contributed by atoms with E-state index in [1.165, 1.54) is 16.2 Å². The number of halogens is 2. The first-order chi connectivity index (χ1) is 14.3. The Kier molecular flexibility index (Phi) is 6.33. The molecule has 0 saturated heterocycles. The van der Waals surface area contributed by atoms with Gasteiger partial charge < -0.3 is 4.90 Å². The summed E-state index contributed by atoms with van der Waals surface area (Å²) in [4.78, 5) is 6.97. The zero-order valence-electron chi connectivity index (χ0n) is 16.1. The average molecular weight is 421 g/mol. The summed E-state index contributed by atoms with van der Waals surface area (Å²) in [5.74, 6) is 1.16. The minimum Gasteiger partial charge on any atom is -0.369 e. The van der Waals surface area contributed by atoms with Gasteiger partial charge in [-0.25, -0.2) is 0 Å².